The molecular weight excluding hydrogens is 553 g/mol. The van der Waals surface area contributed by atoms with Crippen LogP contribution >= 0.6 is 11.6 Å². The maximum absolute atomic E-state index is 14.0. The minimum Gasteiger partial charge on any atom is -0.354 e. The summed E-state index contributed by atoms with van der Waals surface area (Å²) in [6.07, 6.45) is 0.294. The molecule has 0 heterocycles. The van der Waals surface area contributed by atoms with Gasteiger partial charge in [0.1, 0.15) is 18.4 Å². The molecule has 3 rings (SSSR count). The quantitative estimate of drug-likeness (QED) is 0.300. The van der Waals surface area contributed by atoms with Crippen molar-refractivity contribution in [3.8, 4) is 0 Å². The van der Waals surface area contributed by atoms with Crippen LogP contribution in [0.3, 0.4) is 0 Å². The van der Waals surface area contributed by atoms with Crippen molar-refractivity contribution in [2.24, 2.45) is 5.92 Å². The second kappa shape index (κ2) is 13.8. The van der Waals surface area contributed by atoms with Crippen LogP contribution in [0, 0.1) is 18.7 Å². The van der Waals surface area contributed by atoms with Crippen LogP contribution in [0.15, 0.2) is 77.7 Å². The summed E-state index contributed by atoms with van der Waals surface area (Å²) in [5.74, 6) is -1.15. The highest BCUT2D eigenvalue weighted by atomic mass is 35.5. The Morgan fingerprint density at radius 2 is 1.65 bits per heavy atom. The maximum Gasteiger partial charge on any atom is 0.264 e. The minimum atomic E-state index is -4.18. The van der Waals surface area contributed by atoms with Crippen molar-refractivity contribution in [2.75, 3.05) is 17.4 Å². The van der Waals surface area contributed by atoms with E-state index in [0.29, 0.717) is 34.8 Å². The van der Waals surface area contributed by atoms with Crippen molar-refractivity contribution in [3.63, 3.8) is 0 Å². The summed E-state index contributed by atoms with van der Waals surface area (Å²) in [5, 5.41) is 3.31. The van der Waals surface area contributed by atoms with E-state index in [4.69, 9.17) is 11.6 Å². The van der Waals surface area contributed by atoms with E-state index in [1.807, 2.05) is 13.8 Å². The highest BCUT2D eigenvalue weighted by Gasteiger charge is 2.34. The number of rotatable bonds is 12. The highest BCUT2D eigenvalue weighted by Crippen LogP contribution is 2.29. The van der Waals surface area contributed by atoms with Gasteiger partial charge in [-0.2, -0.15) is 0 Å². The topological polar surface area (TPSA) is 86.8 Å². The normalized spacial score (nSPS) is 12.2. The number of benzene rings is 3. The fourth-order valence-corrected chi connectivity index (χ4v) is 5.99. The van der Waals surface area contributed by atoms with Gasteiger partial charge in [-0.05, 0) is 72.9 Å². The Hall–Kier alpha value is -3.43. The number of halogens is 2. The number of nitrogens with zero attached hydrogens (tertiary/aromatic N) is 2. The molecule has 3 aromatic rings. The lowest BCUT2D eigenvalue weighted by molar-refractivity contribution is -0.140. The molecule has 0 aliphatic heterocycles. The second-order valence-corrected chi connectivity index (χ2v) is 12.3. The zero-order valence-electron chi connectivity index (χ0n) is 23.1. The van der Waals surface area contributed by atoms with Gasteiger partial charge in [-0.25, -0.2) is 12.8 Å². The van der Waals surface area contributed by atoms with Gasteiger partial charge in [-0.3, -0.25) is 13.9 Å². The molecular formula is C30H35ClFN3O4S. The molecule has 0 bridgehead atoms. The van der Waals surface area contributed by atoms with Gasteiger partial charge in [-0.15, -0.1) is 0 Å². The molecule has 0 unspecified atom stereocenters. The van der Waals surface area contributed by atoms with E-state index in [-0.39, 0.29) is 23.3 Å². The van der Waals surface area contributed by atoms with Gasteiger partial charge in [0, 0.05) is 18.1 Å². The molecule has 0 spiro atoms. The number of nitrogens with one attached hydrogen (secondary N) is 1. The third kappa shape index (κ3) is 7.82. The van der Waals surface area contributed by atoms with Crippen molar-refractivity contribution in [2.45, 2.75) is 51.6 Å². The van der Waals surface area contributed by atoms with E-state index >= 15 is 0 Å². The largest absolute Gasteiger partial charge is 0.354 e. The van der Waals surface area contributed by atoms with Crippen molar-refractivity contribution in [1.82, 2.24) is 10.2 Å². The standard InChI is InChI=1S/C30H35ClFN3O4S/c1-5-27(30(37)33-18-21(2)3)34(19-23-11-14-25(32)15-12-23)29(36)20-35(28-16-13-24(31)17-22(28)4)40(38,39)26-9-7-6-8-10-26/h6-17,21,27H,5,18-20H2,1-4H3,(H,33,37)/t27-/m0/s1. The lowest BCUT2D eigenvalue weighted by atomic mass is 10.1. The first-order valence-electron chi connectivity index (χ1n) is 13.1. The Morgan fingerprint density at radius 3 is 2.23 bits per heavy atom. The summed E-state index contributed by atoms with van der Waals surface area (Å²) in [5.41, 5.74) is 1.46. The van der Waals surface area contributed by atoms with Crippen LogP contribution in [0.4, 0.5) is 10.1 Å². The third-order valence-corrected chi connectivity index (χ3v) is 8.38. The number of carbonyl (C=O) groups is 2. The summed E-state index contributed by atoms with van der Waals surface area (Å²) in [6, 6.07) is 17.3. The minimum absolute atomic E-state index is 0.00839. The van der Waals surface area contributed by atoms with Crippen LogP contribution < -0.4 is 9.62 Å². The van der Waals surface area contributed by atoms with Crippen molar-refractivity contribution < 1.29 is 22.4 Å². The van der Waals surface area contributed by atoms with Gasteiger partial charge >= 0.3 is 0 Å². The van der Waals surface area contributed by atoms with Gasteiger partial charge < -0.3 is 10.2 Å². The summed E-state index contributed by atoms with van der Waals surface area (Å²) in [6.45, 7) is 7.27. The Balaban J connectivity index is 2.06. The molecule has 0 radical (unpaired) electrons. The molecule has 0 aliphatic carbocycles. The summed E-state index contributed by atoms with van der Waals surface area (Å²) in [7, 11) is -4.18. The smallest absolute Gasteiger partial charge is 0.264 e. The van der Waals surface area contributed by atoms with Gasteiger partial charge in [0.05, 0.1) is 10.6 Å². The zero-order chi connectivity index (χ0) is 29.4. The molecule has 10 heteroatoms. The van der Waals surface area contributed by atoms with E-state index < -0.39 is 34.3 Å². The van der Waals surface area contributed by atoms with Crippen molar-refractivity contribution in [3.05, 3.63) is 94.8 Å². The third-order valence-electron chi connectivity index (χ3n) is 6.37. The number of anilines is 1. The molecule has 0 saturated carbocycles. The Bertz CT molecular complexity index is 1420. The monoisotopic (exact) mass is 587 g/mol. The van der Waals surface area contributed by atoms with Gasteiger partial charge in [0.15, 0.2) is 0 Å². The van der Waals surface area contributed by atoms with Gasteiger partial charge in [0.25, 0.3) is 10.0 Å². The van der Waals surface area contributed by atoms with Crippen molar-refractivity contribution >= 4 is 39.1 Å². The Labute approximate surface area is 241 Å². The number of hydrogen-bond donors (Lipinski definition) is 1. The van der Waals surface area contributed by atoms with Crippen LogP contribution in [0.5, 0.6) is 0 Å². The summed E-state index contributed by atoms with van der Waals surface area (Å²) < 4.78 is 42.4. The molecule has 7 nitrogen and oxygen atoms in total. The zero-order valence-corrected chi connectivity index (χ0v) is 24.7. The van der Waals surface area contributed by atoms with Gasteiger partial charge in [0.2, 0.25) is 11.8 Å². The highest BCUT2D eigenvalue weighted by molar-refractivity contribution is 7.92. The first kappa shape index (κ1) is 31.1. The predicted molar refractivity (Wildman–Crippen MR) is 156 cm³/mol. The van der Waals surface area contributed by atoms with Crippen LogP contribution in [0.2, 0.25) is 5.02 Å². The number of carbonyl (C=O) groups excluding carboxylic acids is 2. The predicted octanol–water partition coefficient (Wildman–Crippen LogP) is 5.56. The van der Waals surface area contributed by atoms with Crippen LogP contribution in [-0.4, -0.2) is 44.3 Å². The molecule has 0 fully saturated rings. The van der Waals surface area contributed by atoms with E-state index in [1.165, 1.54) is 41.3 Å². The van der Waals surface area contributed by atoms with E-state index in [1.54, 1.807) is 50.2 Å². The molecule has 0 saturated heterocycles. The second-order valence-electron chi connectivity index (χ2n) is 9.97. The SMILES string of the molecule is CC[C@@H](C(=O)NCC(C)C)N(Cc1ccc(F)cc1)C(=O)CN(c1ccc(Cl)cc1C)S(=O)(=O)c1ccccc1. The molecule has 0 aliphatic rings. The summed E-state index contributed by atoms with van der Waals surface area (Å²) in [4.78, 5) is 28.6. The molecule has 1 atom stereocenters. The lowest BCUT2D eigenvalue weighted by Crippen LogP contribution is -2.52. The molecule has 40 heavy (non-hydrogen) atoms. The fraction of sp³-hybridized carbons (Fsp3) is 0.333. The molecule has 0 aromatic heterocycles. The number of hydrogen-bond acceptors (Lipinski definition) is 4. The number of aryl methyl sites for hydroxylation is 1. The Morgan fingerprint density at radius 1 is 1.00 bits per heavy atom. The van der Waals surface area contributed by atoms with Gasteiger partial charge in [-0.1, -0.05) is 62.7 Å². The number of amides is 2. The molecule has 2 amide bonds. The average molecular weight is 588 g/mol. The lowest BCUT2D eigenvalue weighted by Gasteiger charge is -2.33. The van der Waals surface area contributed by atoms with Crippen molar-refractivity contribution in [1.29, 1.82) is 0 Å². The molecule has 214 valence electrons. The molecule has 1 N–H and O–H groups in total. The van der Waals surface area contributed by atoms with Crippen LogP contribution in [0.25, 0.3) is 0 Å². The average Bonchev–Trinajstić information content (AvgIpc) is 2.92. The van der Waals surface area contributed by atoms with Crippen LogP contribution in [-0.2, 0) is 26.2 Å². The molecule has 3 aromatic carbocycles. The summed E-state index contributed by atoms with van der Waals surface area (Å²) >= 11 is 6.14. The first-order valence-corrected chi connectivity index (χ1v) is 14.9. The van der Waals surface area contributed by atoms with E-state index in [9.17, 15) is 22.4 Å². The van der Waals surface area contributed by atoms with E-state index in [0.717, 1.165) is 4.31 Å². The van der Waals surface area contributed by atoms with Crippen LogP contribution in [0.1, 0.15) is 38.3 Å². The Kier molecular flexibility index (Phi) is 10.7. The van der Waals surface area contributed by atoms with E-state index in [2.05, 4.69) is 5.32 Å². The number of sulfonamides is 1. The maximum atomic E-state index is 14.0. The fourth-order valence-electron chi connectivity index (χ4n) is 4.26. The first-order chi connectivity index (χ1) is 18.9.